The number of hydrogen-bond donors (Lipinski definition) is 0. The number of rotatable bonds is 9. The maximum atomic E-state index is 4.73. The van der Waals surface area contributed by atoms with Crippen molar-refractivity contribution in [3.8, 4) is 0 Å². The summed E-state index contributed by atoms with van der Waals surface area (Å²) in [6.07, 6.45) is 1.74. The van der Waals surface area contributed by atoms with E-state index < -0.39 is 0 Å². The highest BCUT2D eigenvalue weighted by Crippen LogP contribution is 2.11. The first kappa shape index (κ1) is 28.3. The van der Waals surface area contributed by atoms with Crippen molar-refractivity contribution in [2.75, 3.05) is 41.3 Å². The topological polar surface area (TPSA) is 31.2 Å². The van der Waals surface area contributed by atoms with Crippen molar-refractivity contribution in [2.45, 2.75) is 26.7 Å². The zero-order valence-corrected chi connectivity index (χ0v) is 20.7. The van der Waals surface area contributed by atoms with Crippen molar-refractivity contribution in [3.05, 3.63) is 70.8 Å². The predicted molar refractivity (Wildman–Crippen MR) is 136 cm³/mol. The van der Waals surface area contributed by atoms with Crippen LogP contribution in [0.5, 0.6) is 0 Å². The van der Waals surface area contributed by atoms with Gasteiger partial charge in [-0.3, -0.25) is 0 Å². The largest absolute Gasteiger partial charge is 0.309 e. The van der Waals surface area contributed by atoms with Crippen LogP contribution in [0.2, 0.25) is 0 Å². The molecular formula is C24H36Cl2N4. The molecule has 0 atom stereocenters. The van der Waals surface area contributed by atoms with Crippen LogP contribution in [0.25, 0.3) is 0 Å². The average molecular weight is 451 g/mol. The van der Waals surface area contributed by atoms with Crippen LogP contribution in [0.1, 0.15) is 35.1 Å². The van der Waals surface area contributed by atoms with Crippen LogP contribution in [0.4, 0.5) is 0 Å². The molecule has 0 fully saturated rings. The molecule has 30 heavy (non-hydrogen) atoms. The van der Waals surface area contributed by atoms with Crippen LogP contribution < -0.4 is 0 Å². The molecule has 4 nitrogen and oxygen atoms in total. The van der Waals surface area contributed by atoms with Crippen molar-refractivity contribution < 1.29 is 0 Å². The van der Waals surface area contributed by atoms with Gasteiger partial charge in [0.05, 0.1) is 11.4 Å². The Morgan fingerprint density at radius 3 is 1.17 bits per heavy atom. The highest BCUT2D eigenvalue weighted by molar-refractivity contribution is 6.03. The minimum Gasteiger partial charge on any atom is -0.309 e. The lowest BCUT2D eigenvalue weighted by Gasteiger charge is -2.13. The van der Waals surface area contributed by atoms with Crippen molar-refractivity contribution in [1.82, 2.24) is 9.80 Å². The Morgan fingerprint density at radius 2 is 0.900 bits per heavy atom. The first-order valence-corrected chi connectivity index (χ1v) is 9.92. The molecule has 0 unspecified atom stereocenters. The standard InChI is InChI=1S/C24H34N4.2ClH/c1-19-7-11-21(12-8-19)23(15-17-27(3)4)25-26-24(16-18-28(5)6)22-13-9-20(2)10-14-22;;/h7-14H,15-18H2,1-6H3;2*1H/b25-23-,26-24+;;. The second-order valence-corrected chi connectivity index (χ2v) is 7.93. The molecule has 0 radical (unpaired) electrons. The summed E-state index contributed by atoms with van der Waals surface area (Å²) in [4.78, 5) is 4.36. The number of benzene rings is 2. The van der Waals surface area contributed by atoms with Gasteiger partial charge in [-0.1, -0.05) is 59.7 Å². The average Bonchev–Trinajstić information content (AvgIpc) is 2.65. The third-order valence-electron chi connectivity index (χ3n) is 4.65. The Kier molecular flexibility index (Phi) is 13.5. The minimum atomic E-state index is 0. The molecule has 0 N–H and O–H groups in total. The van der Waals surface area contributed by atoms with Gasteiger partial charge < -0.3 is 9.80 Å². The molecule has 2 rings (SSSR count). The summed E-state index contributed by atoms with van der Waals surface area (Å²) in [5, 5.41) is 9.46. The number of hydrogen-bond acceptors (Lipinski definition) is 4. The molecule has 0 spiro atoms. The van der Waals surface area contributed by atoms with Gasteiger partial charge in [0.25, 0.3) is 0 Å². The van der Waals surface area contributed by atoms with Crippen molar-refractivity contribution in [2.24, 2.45) is 10.2 Å². The van der Waals surface area contributed by atoms with E-state index in [1.165, 1.54) is 11.1 Å². The number of aryl methyl sites for hydroxylation is 2. The van der Waals surface area contributed by atoms with Gasteiger partial charge in [-0.15, -0.1) is 24.8 Å². The molecule has 2 aromatic rings. The second kappa shape index (κ2) is 14.3. The minimum absolute atomic E-state index is 0. The smallest absolute Gasteiger partial charge is 0.0715 e. The van der Waals surface area contributed by atoms with E-state index in [2.05, 4.69) is 100 Å². The molecule has 0 saturated heterocycles. The van der Waals surface area contributed by atoms with Crippen LogP contribution in [0.15, 0.2) is 58.7 Å². The lowest BCUT2D eigenvalue weighted by atomic mass is 10.1. The molecule has 0 aliphatic heterocycles. The van der Waals surface area contributed by atoms with Crippen LogP contribution in [-0.4, -0.2) is 62.5 Å². The molecule has 0 aliphatic rings. The van der Waals surface area contributed by atoms with E-state index in [1.54, 1.807) is 0 Å². The van der Waals surface area contributed by atoms with Gasteiger partial charge in [0.15, 0.2) is 0 Å². The Hall–Kier alpha value is -1.72. The van der Waals surface area contributed by atoms with Crippen LogP contribution in [0.3, 0.4) is 0 Å². The molecule has 0 saturated carbocycles. The van der Waals surface area contributed by atoms with Crippen molar-refractivity contribution in [3.63, 3.8) is 0 Å². The molecule has 2 aromatic carbocycles. The monoisotopic (exact) mass is 450 g/mol. The Balaban J connectivity index is 0.00000420. The molecule has 166 valence electrons. The van der Waals surface area contributed by atoms with Gasteiger partial charge in [0, 0.05) is 25.9 Å². The highest BCUT2D eigenvalue weighted by atomic mass is 35.5. The zero-order valence-electron chi connectivity index (χ0n) is 19.1. The quantitative estimate of drug-likeness (QED) is 0.386. The maximum absolute atomic E-state index is 4.73. The molecule has 0 bridgehead atoms. The van der Waals surface area contributed by atoms with Gasteiger partial charge in [-0.05, 0) is 53.2 Å². The van der Waals surface area contributed by atoms with Crippen LogP contribution in [0, 0.1) is 13.8 Å². The third kappa shape index (κ3) is 9.86. The van der Waals surface area contributed by atoms with Gasteiger partial charge in [-0.25, -0.2) is 0 Å². The Morgan fingerprint density at radius 1 is 0.600 bits per heavy atom. The van der Waals surface area contributed by atoms with Gasteiger partial charge in [0.2, 0.25) is 0 Å². The van der Waals surface area contributed by atoms with E-state index in [9.17, 15) is 0 Å². The third-order valence-corrected chi connectivity index (χ3v) is 4.65. The van der Waals surface area contributed by atoms with Gasteiger partial charge in [0.1, 0.15) is 0 Å². The normalized spacial score (nSPS) is 12.0. The first-order chi connectivity index (χ1) is 13.3. The van der Waals surface area contributed by atoms with E-state index >= 15 is 0 Å². The van der Waals surface area contributed by atoms with Crippen molar-refractivity contribution >= 4 is 36.2 Å². The first-order valence-electron chi connectivity index (χ1n) is 9.92. The summed E-state index contributed by atoms with van der Waals surface area (Å²) in [7, 11) is 8.35. The summed E-state index contributed by atoms with van der Waals surface area (Å²) in [6, 6.07) is 17.1. The molecule has 0 aliphatic carbocycles. The molecule has 6 heteroatoms. The fourth-order valence-corrected chi connectivity index (χ4v) is 2.78. The second-order valence-electron chi connectivity index (χ2n) is 7.93. The number of halogens is 2. The van der Waals surface area contributed by atoms with Crippen molar-refractivity contribution in [1.29, 1.82) is 0 Å². The summed E-state index contributed by atoms with van der Waals surface area (Å²) in [5.41, 5.74) is 6.86. The summed E-state index contributed by atoms with van der Waals surface area (Å²) < 4.78 is 0. The summed E-state index contributed by atoms with van der Waals surface area (Å²) in [5.74, 6) is 0. The SMILES string of the molecule is Cc1ccc(/C(CCN(C)C)=N\N=C(/CCN(C)C)c2ccc(C)cc2)cc1.Cl.Cl. The van der Waals surface area contributed by atoms with Crippen LogP contribution >= 0.6 is 24.8 Å². The fourth-order valence-electron chi connectivity index (χ4n) is 2.78. The highest BCUT2D eigenvalue weighted by Gasteiger charge is 2.08. The lowest BCUT2D eigenvalue weighted by Crippen LogP contribution is -2.18. The maximum Gasteiger partial charge on any atom is 0.0715 e. The van der Waals surface area contributed by atoms with E-state index in [1.807, 2.05) is 0 Å². The number of nitrogens with zero attached hydrogens (tertiary/aromatic N) is 4. The van der Waals surface area contributed by atoms with E-state index in [0.29, 0.717) is 0 Å². The Labute approximate surface area is 194 Å². The zero-order chi connectivity index (χ0) is 20.5. The van der Waals surface area contributed by atoms with E-state index in [4.69, 9.17) is 10.2 Å². The van der Waals surface area contributed by atoms with E-state index in [-0.39, 0.29) is 24.8 Å². The molecular weight excluding hydrogens is 415 g/mol. The molecule has 0 aromatic heterocycles. The van der Waals surface area contributed by atoms with Gasteiger partial charge >= 0.3 is 0 Å². The lowest BCUT2D eigenvalue weighted by molar-refractivity contribution is 0.421. The Bertz CT molecular complexity index is 725. The summed E-state index contributed by atoms with van der Waals surface area (Å²) in [6.45, 7) is 6.10. The molecule has 0 amide bonds. The summed E-state index contributed by atoms with van der Waals surface area (Å²) >= 11 is 0. The predicted octanol–water partition coefficient (Wildman–Crippen LogP) is 5.24. The van der Waals surface area contributed by atoms with E-state index in [0.717, 1.165) is 48.5 Å². The molecule has 0 heterocycles. The fraction of sp³-hybridized carbons (Fsp3) is 0.417. The van der Waals surface area contributed by atoms with Crippen LogP contribution in [-0.2, 0) is 0 Å². The van der Waals surface area contributed by atoms with Gasteiger partial charge in [-0.2, -0.15) is 10.2 Å².